The predicted octanol–water partition coefficient (Wildman–Crippen LogP) is 4.56. The number of imidazole rings is 1. The number of allylic oxidation sites excluding steroid dienone is 1. The maximum Gasteiger partial charge on any atom is 0.315 e. The summed E-state index contributed by atoms with van der Waals surface area (Å²) in [6.45, 7) is 6.08. The molecule has 0 aliphatic rings. The van der Waals surface area contributed by atoms with E-state index in [1.165, 1.54) is 19.3 Å². The molecule has 1 N–H and O–H groups in total. The molecule has 0 radical (unpaired) electrons. The van der Waals surface area contributed by atoms with Crippen LogP contribution in [-0.2, 0) is 0 Å². The second-order valence-electron chi connectivity index (χ2n) is 6.47. The summed E-state index contributed by atoms with van der Waals surface area (Å²) in [5.74, 6) is 0.676. The Kier molecular flexibility index (Phi) is 5.50. The van der Waals surface area contributed by atoms with Crippen molar-refractivity contribution < 1.29 is 14.4 Å². The molecule has 0 spiro atoms. The van der Waals surface area contributed by atoms with Gasteiger partial charge in [0.1, 0.15) is 11.9 Å². The number of methoxy groups -OCH3 is 1. The Morgan fingerprint density at radius 3 is 2.66 bits per heavy atom. The Labute approximate surface area is 167 Å². The number of aromatic amines is 1. The minimum Gasteiger partial charge on any atom is -0.490 e. The van der Waals surface area contributed by atoms with Gasteiger partial charge in [-0.15, -0.1) is 0 Å². The Morgan fingerprint density at radius 1 is 1.31 bits per heavy atom. The van der Waals surface area contributed by atoms with E-state index < -0.39 is 4.92 Å². The van der Waals surface area contributed by atoms with Crippen LogP contribution in [0, 0.1) is 35.3 Å². The van der Waals surface area contributed by atoms with Crippen LogP contribution in [0.2, 0.25) is 0 Å². The molecule has 29 heavy (non-hydrogen) atoms. The summed E-state index contributed by atoms with van der Waals surface area (Å²) in [6.07, 6.45) is 1.53. The molecule has 1 aromatic heterocycles. The van der Waals surface area contributed by atoms with Crippen molar-refractivity contribution in [2.45, 2.75) is 20.8 Å². The van der Waals surface area contributed by atoms with Crippen molar-refractivity contribution in [3.05, 3.63) is 56.9 Å². The van der Waals surface area contributed by atoms with Crippen molar-refractivity contribution in [1.29, 1.82) is 5.26 Å². The van der Waals surface area contributed by atoms with Crippen LogP contribution in [-0.4, -0.2) is 28.6 Å². The number of aryl methyl sites for hydroxylation is 2. The quantitative estimate of drug-likeness (QED) is 0.374. The average Bonchev–Trinajstić information content (AvgIpc) is 3.08. The molecule has 3 aromatic rings. The highest BCUT2D eigenvalue weighted by Gasteiger charge is 2.22. The van der Waals surface area contributed by atoms with Crippen molar-refractivity contribution in [3.8, 4) is 17.6 Å². The van der Waals surface area contributed by atoms with E-state index in [1.807, 2.05) is 26.0 Å². The molecule has 8 heteroatoms. The molecule has 0 unspecified atom stereocenters. The molecule has 0 saturated carbocycles. The number of aromatic nitrogens is 2. The van der Waals surface area contributed by atoms with Crippen LogP contribution in [0.15, 0.2) is 24.3 Å². The smallest absolute Gasteiger partial charge is 0.315 e. The minimum atomic E-state index is -0.544. The molecule has 0 saturated heterocycles. The Balaban J connectivity index is 2.14. The lowest BCUT2D eigenvalue weighted by Crippen LogP contribution is -2.00. The number of nitro benzene ring substituents is 1. The monoisotopic (exact) mass is 392 g/mol. The number of nitrogens with one attached hydrogen (secondary N) is 1. The van der Waals surface area contributed by atoms with Crippen LogP contribution in [0.5, 0.6) is 11.5 Å². The number of nitrogens with zero attached hydrogens (tertiary/aromatic N) is 3. The van der Waals surface area contributed by atoms with E-state index in [1.54, 1.807) is 13.0 Å². The van der Waals surface area contributed by atoms with Gasteiger partial charge < -0.3 is 14.5 Å². The molecule has 8 nitrogen and oxygen atoms in total. The Morgan fingerprint density at radius 2 is 2.03 bits per heavy atom. The van der Waals surface area contributed by atoms with Gasteiger partial charge in [-0.3, -0.25) is 10.1 Å². The summed E-state index contributed by atoms with van der Waals surface area (Å²) in [5, 5.41) is 21.1. The first-order valence-corrected chi connectivity index (χ1v) is 8.96. The van der Waals surface area contributed by atoms with E-state index in [2.05, 4.69) is 16.0 Å². The van der Waals surface area contributed by atoms with Gasteiger partial charge in [-0.2, -0.15) is 5.26 Å². The van der Waals surface area contributed by atoms with E-state index in [0.717, 1.165) is 22.2 Å². The largest absolute Gasteiger partial charge is 0.490 e. The molecule has 0 fully saturated rings. The van der Waals surface area contributed by atoms with E-state index in [4.69, 9.17) is 9.47 Å². The number of rotatable bonds is 6. The van der Waals surface area contributed by atoms with E-state index in [0.29, 0.717) is 18.0 Å². The van der Waals surface area contributed by atoms with Gasteiger partial charge >= 0.3 is 5.69 Å². The summed E-state index contributed by atoms with van der Waals surface area (Å²) in [6, 6.07) is 8.98. The SMILES string of the molecule is CCOc1cc(/C=C(/C#N)c2nc3cc(C)c(C)cc3[nH]2)cc([N+](=O)[O-])c1OC. The third kappa shape index (κ3) is 3.89. The number of nitriles is 1. The lowest BCUT2D eigenvalue weighted by Gasteiger charge is -2.10. The van der Waals surface area contributed by atoms with Gasteiger partial charge in [0, 0.05) is 6.07 Å². The number of H-pyrrole nitrogens is 1. The van der Waals surface area contributed by atoms with Crippen molar-refractivity contribution in [3.63, 3.8) is 0 Å². The van der Waals surface area contributed by atoms with Gasteiger partial charge in [-0.05, 0) is 61.7 Å². The van der Waals surface area contributed by atoms with E-state index in [-0.39, 0.29) is 22.8 Å². The van der Waals surface area contributed by atoms with Crippen LogP contribution >= 0.6 is 0 Å². The fraction of sp³-hybridized carbons (Fsp3) is 0.238. The van der Waals surface area contributed by atoms with Crippen LogP contribution in [0.25, 0.3) is 22.7 Å². The normalized spacial score (nSPS) is 11.3. The molecule has 0 atom stereocenters. The van der Waals surface area contributed by atoms with Gasteiger partial charge in [-0.25, -0.2) is 4.98 Å². The highest BCUT2D eigenvalue weighted by Crippen LogP contribution is 2.39. The second-order valence-corrected chi connectivity index (χ2v) is 6.47. The van der Waals surface area contributed by atoms with Crippen molar-refractivity contribution in [2.24, 2.45) is 0 Å². The van der Waals surface area contributed by atoms with Crippen molar-refractivity contribution >= 4 is 28.4 Å². The number of benzene rings is 2. The van der Waals surface area contributed by atoms with Crippen molar-refractivity contribution in [1.82, 2.24) is 9.97 Å². The zero-order chi connectivity index (χ0) is 21.1. The highest BCUT2D eigenvalue weighted by molar-refractivity contribution is 5.91. The standard InChI is InChI=1S/C21H20N4O4/c1-5-29-19-10-14(9-18(25(26)27)20(19)28-4)8-15(11-22)21-23-16-6-12(2)13(3)7-17(16)24-21/h6-10H,5H2,1-4H3,(H,23,24)/b15-8-. The van der Waals surface area contributed by atoms with Crippen LogP contribution in [0.4, 0.5) is 5.69 Å². The molecule has 3 rings (SSSR count). The zero-order valence-corrected chi connectivity index (χ0v) is 16.6. The van der Waals surface area contributed by atoms with Crippen LogP contribution < -0.4 is 9.47 Å². The molecule has 0 aliphatic heterocycles. The molecule has 2 aromatic carbocycles. The number of fused-ring (bicyclic) bond motifs is 1. The molecule has 1 heterocycles. The lowest BCUT2D eigenvalue weighted by atomic mass is 10.1. The third-order valence-electron chi connectivity index (χ3n) is 4.54. The van der Waals surface area contributed by atoms with Gasteiger partial charge in [0.15, 0.2) is 5.75 Å². The summed E-state index contributed by atoms with van der Waals surface area (Å²) < 4.78 is 10.6. The van der Waals surface area contributed by atoms with Crippen LogP contribution in [0.3, 0.4) is 0 Å². The predicted molar refractivity (Wildman–Crippen MR) is 110 cm³/mol. The molecule has 148 valence electrons. The maximum atomic E-state index is 11.5. The number of hydrogen-bond donors (Lipinski definition) is 1. The second kappa shape index (κ2) is 8.02. The summed E-state index contributed by atoms with van der Waals surface area (Å²) >= 11 is 0. The molecular formula is C21H20N4O4. The highest BCUT2D eigenvalue weighted by atomic mass is 16.6. The number of ether oxygens (including phenoxy) is 2. The molecular weight excluding hydrogens is 372 g/mol. The van der Waals surface area contributed by atoms with E-state index >= 15 is 0 Å². The number of nitro groups is 1. The topological polar surface area (TPSA) is 114 Å². The fourth-order valence-corrected chi connectivity index (χ4v) is 3.01. The molecule has 0 aliphatic carbocycles. The van der Waals surface area contributed by atoms with Gasteiger partial charge in [0.2, 0.25) is 5.75 Å². The van der Waals surface area contributed by atoms with Crippen LogP contribution in [0.1, 0.15) is 29.4 Å². The summed E-state index contributed by atoms with van der Waals surface area (Å²) in [5.41, 5.74) is 4.23. The zero-order valence-electron chi connectivity index (χ0n) is 16.6. The first-order chi connectivity index (χ1) is 13.9. The molecule has 0 bridgehead atoms. The fourth-order valence-electron chi connectivity index (χ4n) is 3.01. The first-order valence-electron chi connectivity index (χ1n) is 8.96. The minimum absolute atomic E-state index is 0.0437. The van der Waals surface area contributed by atoms with Gasteiger partial charge in [0.25, 0.3) is 0 Å². The number of hydrogen-bond acceptors (Lipinski definition) is 6. The summed E-state index contributed by atoms with van der Waals surface area (Å²) in [4.78, 5) is 18.6. The Bertz CT molecular complexity index is 1130. The third-order valence-corrected chi connectivity index (χ3v) is 4.54. The van der Waals surface area contributed by atoms with E-state index in [9.17, 15) is 15.4 Å². The van der Waals surface area contributed by atoms with Gasteiger partial charge in [-0.1, -0.05) is 0 Å². The lowest BCUT2D eigenvalue weighted by molar-refractivity contribution is -0.385. The maximum absolute atomic E-state index is 11.5. The average molecular weight is 392 g/mol. The first kappa shape index (κ1) is 19.9. The Hall–Kier alpha value is -3.86. The van der Waals surface area contributed by atoms with Crippen molar-refractivity contribution in [2.75, 3.05) is 13.7 Å². The summed E-state index contributed by atoms with van der Waals surface area (Å²) in [7, 11) is 1.35. The van der Waals surface area contributed by atoms with Gasteiger partial charge in [0.05, 0.1) is 35.2 Å². The molecule has 0 amide bonds.